The first kappa shape index (κ1) is 18.4. The number of nitrogens with one attached hydrogen (secondary N) is 1. The monoisotopic (exact) mass is 416 g/mol. The summed E-state index contributed by atoms with van der Waals surface area (Å²) in [5.41, 5.74) is 1.23. The lowest BCUT2D eigenvalue weighted by atomic mass is 10.1. The van der Waals surface area contributed by atoms with Crippen molar-refractivity contribution in [3.63, 3.8) is 0 Å². The highest BCUT2D eigenvalue weighted by atomic mass is 32.2. The molecule has 1 aromatic carbocycles. The Bertz CT molecular complexity index is 1010. The van der Waals surface area contributed by atoms with Gasteiger partial charge >= 0.3 is 0 Å². The molecule has 2 bridgehead atoms. The maximum Gasteiger partial charge on any atom is 0.264 e. The number of phenols is 1. The van der Waals surface area contributed by atoms with Gasteiger partial charge in [-0.1, -0.05) is 11.8 Å². The second-order valence-electron chi connectivity index (χ2n) is 7.38. The van der Waals surface area contributed by atoms with Gasteiger partial charge in [0.2, 0.25) is 0 Å². The van der Waals surface area contributed by atoms with E-state index in [2.05, 4.69) is 25.5 Å². The third-order valence-electron chi connectivity index (χ3n) is 5.36. The van der Waals surface area contributed by atoms with Gasteiger partial charge in [-0.05, 0) is 25.0 Å². The van der Waals surface area contributed by atoms with E-state index in [1.807, 2.05) is 6.07 Å². The molecule has 29 heavy (non-hydrogen) atoms. The fourth-order valence-corrected chi connectivity index (χ4v) is 5.16. The number of aromatic hydroxyl groups is 1. The van der Waals surface area contributed by atoms with Gasteiger partial charge in [0.05, 0.1) is 29.8 Å². The van der Waals surface area contributed by atoms with Gasteiger partial charge in [-0.3, -0.25) is 0 Å². The number of fused-ring (bicyclic) bond motifs is 2. The first-order chi connectivity index (χ1) is 14.0. The summed E-state index contributed by atoms with van der Waals surface area (Å²) >= 11 is 1.44. The predicted octanol–water partition coefficient (Wildman–Crippen LogP) is 3.05. The number of halogens is 2. The van der Waals surface area contributed by atoms with Gasteiger partial charge < -0.3 is 15.0 Å². The minimum atomic E-state index is -2.63. The number of thioether (sulfide) groups is 1. The zero-order valence-corrected chi connectivity index (χ0v) is 16.1. The number of nitrogens with zero attached hydrogens (tertiary/aromatic N) is 5. The zero-order valence-electron chi connectivity index (χ0n) is 15.2. The van der Waals surface area contributed by atoms with Crippen LogP contribution in [0.5, 0.6) is 5.75 Å². The summed E-state index contributed by atoms with van der Waals surface area (Å²) in [5.74, 6) is -2.29. The molecule has 0 saturated carbocycles. The highest BCUT2D eigenvalue weighted by Crippen LogP contribution is 2.43. The molecule has 3 atom stereocenters. The molecule has 2 aliphatic rings. The smallest absolute Gasteiger partial charge is 0.264 e. The summed E-state index contributed by atoms with van der Waals surface area (Å²) < 4.78 is 29.5. The van der Waals surface area contributed by atoms with Gasteiger partial charge in [0.25, 0.3) is 5.92 Å². The molecular formula is C19H18F2N6OS. The molecule has 0 radical (unpaired) electrons. The van der Waals surface area contributed by atoms with Crippen molar-refractivity contribution in [2.24, 2.45) is 0 Å². The summed E-state index contributed by atoms with van der Waals surface area (Å²) in [7, 11) is 0. The molecule has 0 spiro atoms. The molecule has 0 unspecified atom stereocenters. The number of hydrogen-bond acceptors (Lipinski definition) is 7. The van der Waals surface area contributed by atoms with E-state index in [0.29, 0.717) is 29.3 Å². The highest BCUT2D eigenvalue weighted by Gasteiger charge is 2.52. The van der Waals surface area contributed by atoms with Crippen molar-refractivity contribution >= 4 is 11.8 Å². The molecular weight excluding hydrogens is 398 g/mol. The van der Waals surface area contributed by atoms with Crippen LogP contribution >= 0.6 is 11.8 Å². The van der Waals surface area contributed by atoms with Gasteiger partial charge in [-0.15, -0.1) is 10.2 Å². The number of imidazole rings is 1. The molecule has 10 heteroatoms. The van der Waals surface area contributed by atoms with Crippen LogP contribution in [0, 0.1) is 0 Å². The molecule has 2 aliphatic heterocycles. The molecule has 5 rings (SSSR count). The minimum Gasteiger partial charge on any atom is -0.507 e. The Hall–Kier alpha value is -2.59. The lowest BCUT2D eigenvalue weighted by Gasteiger charge is -2.28. The Labute approximate surface area is 169 Å². The van der Waals surface area contributed by atoms with E-state index in [0.717, 1.165) is 5.69 Å². The maximum atomic E-state index is 13.9. The standard InChI is InChI=1S/C19H18F2N6OS/c20-19(21)8-11-5-13(7-16(19)24-11)29-17-9-23-18(26-25-17)14-2-1-12(6-15(14)28)27-4-3-22-10-27/h1-4,6,9-11,13,16,24,28H,5,7-8H2/t11-,13+,16+/m0/s1. The molecule has 7 nitrogen and oxygen atoms in total. The summed E-state index contributed by atoms with van der Waals surface area (Å²) in [6, 6.07) is 4.25. The summed E-state index contributed by atoms with van der Waals surface area (Å²) in [5, 5.41) is 22.3. The number of aromatic nitrogens is 5. The number of phenolic OH excluding ortho intramolecular Hbond substituents is 1. The van der Waals surface area contributed by atoms with Gasteiger partial charge in [-0.2, -0.15) is 0 Å². The lowest BCUT2D eigenvalue weighted by molar-refractivity contribution is -0.0115. The Kier molecular flexibility index (Phi) is 4.47. The van der Waals surface area contributed by atoms with E-state index in [-0.39, 0.29) is 23.5 Å². The van der Waals surface area contributed by atoms with Crippen LogP contribution in [0.3, 0.4) is 0 Å². The van der Waals surface area contributed by atoms with Crippen LogP contribution in [-0.4, -0.2) is 53.1 Å². The summed E-state index contributed by atoms with van der Waals surface area (Å²) in [4.78, 5) is 8.30. The van der Waals surface area contributed by atoms with Crippen LogP contribution in [-0.2, 0) is 0 Å². The largest absolute Gasteiger partial charge is 0.507 e. The van der Waals surface area contributed by atoms with E-state index < -0.39 is 12.0 Å². The quantitative estimate of drug-likeness (QED) is 0.676. The molecule has 2 aromatic heterocycles. The lowest BCUT2D eigenvalue weighted by Crippen LogP contribution is -2.43. The predicted molar refractivity (Wildman–Crippen MR) is 103 cm³/mol. The molecule has 150 valence electrons. The van der Waals surface area contributed by atoms with Crippen LogP contribution in [0.15, 0.2) is 48.1 Å². The molecule has 4 heterocycles. The Morgan fingerprint density at radius 3 is 2.83 bits per heavy atom. The number of rotatable bonds is 4. The van der Waals surface area contributed by atoms with Crippen molar-refractivity contribution in [1.82, 2.24) is 30.0 Å². The molecule has 0 amide bonds. The van der Waals surface area contributed by atoms with Gasteiger partial charge in [0.15, 0.2) is 5.82 Å². The maximum absolute atomic E-state index is 13.9. The number of hydrogen-bond donors (Lipinski definition) is 2. The normalized spacial score (nSPS) is 25.2. The fourth-order valence-electron chi connectivity index (χ4n) is 4.00. The SMILES string of the molecule is Oc1cc(-n2ccnc2)ccc1-c1ncc(S[C@@H]2C[C@H]3CC(F)(F)[C@@H](C2)N3)nn1. The van der Waals surface area contributed by atoms with Crippen molar-refractivity contribution in [2.75, 3.05) is 0 Å². The molecule has 3 aromatic rings. The average molecular weight is 416 g/mol. The van der Waals surface area contributed by atoms with Gasteiger partial charge in [0.1, 0.15) is 10.8 Å². The van der Waals surface area contributed by atoms with Crippen molar-refractivity contribution in [1.29, 1.82) is 0 Å². The Balaban J connectivity index is 1.30. The third kappa shape index (κ3) is 3.58. The first-order valence-corrected chi connectivity index (χ1v) is 10.2. The average Bonchev–Trinajstić information content (AvgIpc) is 3.29. The fraction of sp³-hybridized carbons (Fsp3) is 0.368. The Morgan fingerprint density at radius 1 is 1.24 bits per heavy atom. The van der Waals surface area contributed by atoms with Crippen LogP contribution in [0.1, 0.15) is 19.3 Å². The van der Waals surface area contributed by atoms with E-state index in [9.17, 15) is 13.9 Å². The van der Waals surface area contributed by atoms with E-state index in [4.69, 9.17) is 0 Å². The summed E-state index contributed by atoms with van der Waals surface area (Å²) in [6.45, 7) is 0. The van der Waals surface area contributed by atoms with E-state index >= 15 is 0 Å². The molecule has 2 saturated heterocycles. The molecule has 2 fully saturated rings. The van der Waals surface area contributed by atoms with Crippen LogP contribution in [0.2, 0.25) is 0 Å². The Morgan fingerprint density at radius 2 is 2.14 bits per heavy atom. The van der Waals surface area contributed by atoms with Gasteiger partial charge in [-0.25, -0.2) is 18.7 Å². The van der Waals surface area contributed by atoms with Crippen LogP contribution in [0.25, 0.3) is 17.1 Å². The highest BCUT2D eigenvalue weighted by molar-refractivity contribution is 7.99. The first-order valence-electron chi connectivity index (χ1n) is 9.30. The van der Waals surface area contributed by atoms with E-state index in [1.165, 1.54) is 11.8 Å². The number of benzene rings is 1. The second kappa shape index (κ2) is 7.03. The van der Waals surface area contributed by atoms with Crippen molar-refractivity contribution < 1.29 is 13.9 Å². The third-order valence-corrected chi connectivity index (χ3v) is 6.51. The second-order valence-corrected chi connectivity index (χ2v) is 8.70. The van der Waals surface area contributed by atoms with E-state index in [1.54, 1.807) is 41.6 Å². The van der Waals surface area contributed by atoms with Gasteiger partial charge in [0, 0.05) is 36.2 Å². The molecule has 0 aliphatic carbocycles. The minimum absolute atomic E-state index is 0.0376. The van der Waals surface area contributed by atoms with Crippen molar-refractivity contribution in [3.8, 4) is 22.8 Å². The van der Waals surface area contributed by atoms with Crippen molar-refractivity contribution in [2.45, 2.75) is 47.5 Å². The topological polar surface area (TPSA) is 88.8 Å². The van der Waals surface area contributed by atoms with Crippen LogP contribution in [0.4, 0.5) is 8.78 Å². The molecule has 2 N–H and O–H groups in total. The number of alkyl halides is 2. The zero-order chi connectivity index (χ0) is 20.0. The summed E-state index contributed by atoms with van der Waals surface area (Å²) in [6.07, 6.45) is 7.64. The van der Waals surface area contributed by atoms with Crippen LogP contribution < -0.4 is 5.32 Å². The number of piperidine rings is 1. The van der Waals surface area contributed by atoms with Crippen molar-refractivity contribution in [3.05, 3.63) is 43.1 Å².